The summed E-state index contributed by atoms with van der Waals surface area (Å²) in [4.78, 5) is 15.3. The highest BCUT2D eigenvalue weighted by Crippen LogP contribution is 2.61. The number of amides is 1. The molecule has 146 valence electrons. The molecular weight excluding hydrogens is 332 g/mol. The van der Waals surface area contributed by atoms with E-state index in [0.29, 0.717) is 5.41 Å². The Labute approximate surface area is 163 Å². The number of hydrogen-bond acceptors (Lipinski definition) is 2. The summed E-state index contributed by atoms with van der Waals surface area (Å²) in [5.41, 5.74) is 2.57. The van der Waals surface area contributed by atoms with Gasteiger partial charge in [0.1, 0.15) is 0 Å². The first-order valence-corrected chi connectivity index (χ1v) is 11.2. The van der Waals surface area contributed by atoms with E-state index in [-0.39, 0.29) is 5.91 Å². The minimum Gasteiger partial charge on any atom is -0.372 e. The summed E-state index contributed by atoms with van der Waals surface area (Å²) in [6.07, 6.45) is 11.5. The van der Waals surface area contributed by atoms with Gasteiger partial charge in [-0.3, -0.25) is 4.79 Å². The van der Waals surface area contributed by atoms with Crippen LogP contribution < -0.4 is 10.2 Å². The molecule has 1 N–H and O–H groups in total. The number of rotatable bonds is 4. The molecule has 6 rings (SSSR count). The van der Waals surface area contributed by atoms with Gasteiger partial charge in [-0.05, 0) is 105 Å². The lowest BCUT2D eigenvalue weighted by molar-refractivity contribution is -0.124. The van der Waals surface area contributed by atoms with Gasteiger partial charge >= 0.3 is 0 Å². The van der Waals surface area contributed by atoms with Crippen molar-refractivity contribution in [3.63, 3.8) is 0 Å². The molecule has 5 fully saturated rings. The van der Waals surface area contributed by atoms with Crippen molar-refractivity contribution in [2.45, 2.75) is 64.7 Å². The molecule has 0 unspecified atom stereocenters. The lowest BCUT2D eigenvalue weighted by atomic mass is 9.49. The first kappa shape index (κ1) is 17.6. The van der Waals surface area contributed by atoms with Crippen LogP contribution in [0.4, 0.5) is 11.4 Å². The molecule has 5 aliphatic rings. The van der Waals surface area contributed by atoms with Crippen LogP contribution in [0.5, 0.6) is 0 Å². The molecule has 1 aliphatic heterocycles. The molecule has 1 saturated heterocycles. The summed E-state index contributed by atoms with van der Waals surface area (Å²) in [7, 11) is 0. The number of carbonyl (C=O) groups excluding carboxylic acids is 1. The van der Waals surface area contributed by atoms with Gasteiger partial charge in [-0.25, -0.2) is 0 Å². The van der Waals surface area contributed by atoms with Crippen LogP contribution in [0.15, 0.2) is 24.3 Å². The van der Waals surface area contributed by atoms with E-state index in [1.165, 1.54) is 57.1 Å². The predicted molar refractivity (Wildman–Crippen MR) is 111 cm³/mol. The Hall–Kier alpha value is -1.51. The van der Waals surface area contributed by atoms with Crippen molar-refractivity contribution in [3.8, 4) is 0 Å². The van der Waals surface area contributed by atoms with Crippen molar-refractivity contribution in [1.82, 2.24) is 0 Å². The zero-order chi connectivity index (χ0) is 18.4. The second kappa shape index (κ2) is 6.83. The summed E-state index contributed by atoms with van der Waals surface area (Å²) < 4.78 is 0. The Kier molecular flexibility index (Phi) is 4.44. The molecule has 0 radical (unpaired) electrons. The number of benzene rings is 1. The van der Waals surface area contributed by atoms with Crippen LogP contribution >= 0.6 is 0 Å². The second-order valence-corrected chi connectivity index (χ2v) is 10.4. The third-order valence-corrected chi connectivity index (χ3v) is 8.00. The molecule has 0 atom stereocenters. The molecule has 4 bridgehead atoms. The fourth-order valence-electron chi connectivity index (χ4n) is 7.07. The molecule has 3 nitrogen and oxygen atoms in total. The average molecular weight is 367 g/mol. The van der Waals surface area contributed by atoms with E-state index in [4.69, 9.17) is 0 Å². The van der Waals surface area contributed by atoms with Crippen molar-refractivity contribution in [2.24, 2.45) is 29.1 Å². The topological polar surface area (TPSA) is 32.3 Å². The monoisotopic (exact) mass is 366 g/mol. The van der Waals surface area contributed by atoms with Gasteiger partial charge in [0.2, 0.25) is 5.91 Å². The lowest BCUT2D eigenvalue weighted by Crippen LogP contribution is -2.47. The molecular formula is C24H34N2O. The smallest absolute Gasteiger partial charge is 0.224 e. The summed E-state index contributed by atoms with van der Waals surface area (Å²) in [5.74, 6) is 3.82. The Bertz CT molecular complexity index is 652. The summed E-state index contributed by atoms with van der Waals surface area (Å²) in [6, 6.07) is 8.53. The van der Waals surface area contributed by atoms with E-state index in [2.05, 4.69) is 41.4 Å². The zero-order valence-corrected chi connectivity index (χ0v) is 16.8. The second-order valence-electron chi connectivity index (χ2n) is 10.4. The standard InChI is InChI=1S/C24H34N2O/c1-17-6-8-26(9-7-17)22-4-2-21(3-5-22)25-23(27)16-24-13-18-10-19(14-24)12-20(11-18)15-24/h2-5,17-20H,6-16H2,1H3,(H,25,27). The first-order chi connectivity index (χ1) is 13.1. The van der Waals surface area contributed by atoms with E-state index >= 15 is 0 Å². The van der Waals surface area contributed by atoms with Crippen molar-refractivity contribution >= 4 is 17.3 Å². The summed E-state index contributed by atoms with van der Waals surface area (Å²) >= 11 is 0. The lowest BCUT2D eigenvalue weighted by Gasteiger charge is -2.56. The molecule has 1 heterocycles. The quantitative estimate of drug-likeness (QED) is 0.766. The van der Waals surface area contributed by atoms with Crippen LogP contribution in [0.1, 0.15) is 64.7 Å². The first-order valence-electron chi connectivity index (χ1n) is 11.2. The van der Waals surface area contributed by atoms with E-state index in [0.717, 1.165) is 48.9 Å². The Morgan fingerprint density at radius 3 is 2.11 bits per heavy atom. The number of carbonyl (C=O) groups is 1. The van der Waals surface area contributed by atoms with Crippen LogP contribution in [0.2, 0.25) is 0 Å². The minimum atomic E-state index is 0.233. The Morgan fingerprint density at radius 1 is 1.00 bits per heavy atom. The fourth-order valence-corrected chi connectivity index (χ4v) is 7.07. The van der Waals surface area contributed by atoms with Gasteiger partial charge in [-0.15, -0.1) is 0 Å². The van der Waals surface area contributed by atoms with Gasteiger partial charge in [-0.1, -0.05) is 6.92 Å². The molecule has 4 aliphatic carbocycles. The Morgan fingerprint density at radius 2 is 1.56 bits per heavy atom. The van der Waals surface area contributed by atoms with Crippen molar-refractivity contribution in [1.29, 1.82) is 0 Å². The molecule has 1 amide bonds. The van der Waals surface area contributed by atoms with E-state index in [9.17, 15) is 4.79 Å². The van der Waals surface area contributed by atoms with Crippen LogP contribution in [-0.2, 0) is 4.79 Å². The maximum atomic E-state index is 12.8. The number of hydrogen-bond donors (Lipinski definition) is 1. The average Bonchev–Trinajstić information content (AvgIpc) is 2.61. The van der Waals surface area contributed by atoms with Crippen LogP contribution in [-0.4, -0.2) is 19.0 Å². The highest BCUT2D eigenvalue weighted by atomic mass is 16.1. The number of piperidine rings is 1. The van der Waals surface area contributed by atoms with Crippen LogP contribution in [0, 0.1) is 29.1 Å². The zero-order valence-electron chi connectivity index (χ0n) is 16.8. The maximum absolute atomic E-state index is 12.8. The molecule has 0 aromatic heterocycles. The van der Waals surface area contributed by atoms with Gasteiger partial charge in [0.25, 0.3) is 0 Å². The molecule has 0 spiro atoms. The normalized spacial score (nSPS) is 35.4. The van der Waals surface area contributed by atoms with E-state index in [1.807, 2.05) is 0 Å². The number of anilines is 2. The third kappa shape index (κ3) is 3.62. The van der Waals surface area contributed by atoms with Gasteiger partial charge in [0, 0.05) is 30.9 Å². The number of nitrogens with zero attached hydrogens (tertiary/aromatic N) is 1. The largest absolute Gasteiger partial charge is 0.372 e. The Balaban J connectivity index is 1.19. The highest BCUT2D eigenvalue weighted by Gasteiger charge is 2.51. The number of nitrogens with one attached hydrogen (secondary N) is 1. The van der Waals surface area contributed by atoms with Crippen molar-refractivity contribution in [3.05, 3.63) is 24.3 Å². The van der Waals surface area contributed by atoms with E-state index in [1.54, 1.807) is 0 Å². The molecule has 3 heteroatoms. The van der Waals surface area contributed by atoms with Gasteiger partial charge in [0.15, 0.2) is 0 Å². The SMILES string of the molecule is CC1CCN(c2ccc(NC(=O)CC34CC5CC(CC(C5)C3)C4)cc2)CC1. The van der Waals surface area contributed by atoms with E-state index < -0.39 is 0 Å². The minimum absolute atomic E-state index is 0.233. The van der Waals surface area contributed by atoms with Crippen LogP contribution in [0.3, 0.4) is 0 Å². The molecule has 4 saturated carbocycles. The fraction of sp³-hybridized carbons (Fsp3) is 0.708. The van der Waals surface area contributed by atoms with Gasteiger partial charge in [-0.2, -0.15) is 0 Å². The molecule has 1 aromatic carbocycles. The third-order valence-electron chi connectivity index (χ3n) is 8.00. The summed E-state index contributed by atoms with van der Waals surface area (Å²) in [5, 5.41) is 3.20. The summed E-state index contributed by atoms with van der Waals surface area (Å²) in [6.45, 7) is 4.65. The maximum Gasteiger partial charge on any atom is 0.224 e. The van der Waals surface area contributed by atoms with Crippen molar-refractivity contribution in [2.75, 3.05) is 23.3 Å². The molecule has 1 aromatic rings. The van der Waals surface area contributed by atoms with Crippen LogP contribution in [0.25, 0.3) is 0 Å². The van der Waals surface area contributed by atoms with Gasteiger partial charge in [0.05, 0.1) is 0 Å². The molecule has 27 heavy (non-hydrogen) atoms. The predicted octanol–water partition coefficient (Wildman–Crippen LogP) is 5.47. The van der Waals surface area contributed by atoms with Crippen molar-refractivity contribution < 1.29 is 4.79 Å². The highest BCUT2D eigenvalue weighted by molar-refractivity contribution is 5.91. The van der Waals surface area contributed by atoms with Gasteiger partial charge < -0.3 is 10.2 Å².